The third-order valence-electron chi connectivity index (χ3n) is 4.23. The van der Waals surface area contributed by atoms with Crippen LogP contribution in [0, 0.1) is 0 Å². The summed E-state index contributed by atoms with van der Waals surface area (Å²) in [6.07, 6.45) is 11.2. The summed E-state index contributed by atoms with van der Waals surface area (Å²) >= 11 is 0. The average Bonchev–Trinajstić information content (AvgIpc) is 3.32. The molecular weight excluding hydrogens is 318 g/mol. The Morgan fingerprint density at radius 3 is 2.48 bits per heavy atom. The summed E-state index contributed by atoms with van der Waals surface area (Å²) in [7, 11) is 0. The molecule has 0 N–H and O–H groups in total. The van der Waals surface area contributed by atoms with Crippen LogP contribution in [0.15, 0.2) is 37.2 Å². The van der Waals surface area contributed by atoms with Crippen LogP contribution in [0.2, 0.25) is 0 Å². The largest absolute Gasteiger partial charge is 0.378 e. The van der Waals surface area contributed by atoms with E-state index in [4.69, 9.17) is 4.74 Å². The van der Waals surface area contributed by atoms with Gasteiger partial charge in [0.05, 0.1) is 30.7 Å². The van der Waals surface area contributed by atoms with E-state index >= 15 is 0 Å². The molecule has 8 nitrogen and oxygen atoms in total. The van der Waals surface area contributed by atoms with Gasteiger partial charge in [0, 0.05) is 50.1 Å². The van der Waals surface area contributed by atoms with Gasteiger partial charge in [-0.15, -0.1) is 0 Å². The van der Waals surface area contributed by atoms with Crippen molar-refractivity contribution in [1.82, 2.24) is 29.3 Å². The summed E-state index contributed by atoms with van der Waals surface area (Å²) in [5, 5.41) is 4.40. The molecule has 130 valence electrons. The molecule has 3 aromatic rings. The standard InChI is InChI=1S/C17H21N7O/c1-13(2)24-12-15(11-21-24)23-4-3-18-16(23)14-9-19-17(20-10-14)22-5-7-25-8-6-22/h3-4,9-13H,5-8H2,1-2H3. The first-order valence-electron chi connectivity index (χ1n) is 8.45. The van der Waals surface area contributed by atoms with Crippen molar-refractivity contribution in [2.24, 2.45) is 0 Å². The van der Waals surface area contributed by atoms with Crippen molar-refractivity contribution in [2.75, 3.05) is 31.2 Å². The predicted octanol–water partition coefficient (Wildman–Crippen LogP) is 1.94. The van der Waals surface area contributed by atoms with Crippen LogP contribution in [-0.4, -0.2) is 55.6 Å². The molecule has 0 bridgehead atoms. The summed E-state index contributed by atoms with van der Waals surface area (Å²) in [6, 6.07) is 0.317. The number of ether oxygens (including phenoxy) is 1. The van der Waals surface area contributed by atoms with Gasteiger partial charge in [-0.3, -0.25) is 9.25 Å². The van der Waals surface area contributed by atoms with Crippen molar-refractivity contribution in [2.45, 2.75) is 19.9 Å². The van der Waals surface area contributed by atoms with Crippen LogP contribution >= 0.6 is 0 Å². The number of anilines is 1. The molecule has 0 saturated carbocycles. The molecule has 3 aromatic heterocycles. The molecule has 0 unspecified atom stereocenters. The van der Waals surface area contributed by atoms with Gasteiger partial charge in [0.15, 0.2) is 0 Å². The highest BCUT2D eigenvalue weighted by molar-refractivity contribution is 5.57. The Morgan fingerprint density at radius 2 is 1.80 bits per heavy atom. The fraction of sp³-hybridized carbons (Fsp3) is 0.412. The summed E-state index contributed by atoms with van der Waals surface area (Å²) in [6.45, 7) is 7.28. The number of rotatable bonds is 4. The van der Waals surface area contributed by atoms with E-state index < -0.39 is 0 Å². The van der Waals surface area contributed by atoms with Crippen LogP contribution in [-0.2, 0) is 4.74 Å². The molecule has 4 heterocycles. The highest BCUT2D eigenvalue weighted by atomic mass is 16.5. The molecule has 8 heteroatoms. The molecule has 0 aliphatic carbocycles. The normalized spacial score (nSPS) is 15.1. The van der Waals surface area contributed by atoms with Crippen molar-refractivity contribution in [1.29, 1.82) is 0 Å². The lowest BCUT2D eigenvalue weighted by molar-refractivity contribution is 0.122. The van der Waals surface area contributed by atoms with E-state index in [1.165, 1.54) is 0 Å². The van der Waals surface area contributed by atoms with Crippen molar-refractivity contribution >= 4 is 5.95 Å². The maximum atomic E-state index is 5.37. The monoisotopic (exact) mass is 339 g/mol. The second kappa shape index (κ2) is 6.64. The van der Waals surface area contributed by atoms with Crippen LogP contribution in [0.5, 0.6) is 0 Å². The number of aromatic nitrogens is 6. The van der Waals surface area contributed by atoms with E-state index in [2.05, 4.69) is 38.8 Å². The first kappa shape index (κ1) is 15.8. The third-order valence-corrected chi connectivity index (χ3v) is 4.23. The second-order valence-corrected chi connectivity index (χ2v) is 6.26. The van der Waals surface area contributed by atoms with Crippen LogP contribution < -0.4 is 4.90 Å². The lowest BCUT2D eigenvalue weighted by atomic mass is 10.3. The first-order chi connectivity index (χ1) is 12.2. The van der Waals surface area contributed by atoms with Gasteiger partial charge in [0.25, 0.3) is 0 Å². The van der Waals surface area contributed by atoms with Crippen molar-refractivity contribution in [3.05, 3.63) is 37.2 Å². The molecule has 1 aliphatic heterocycles. The molecule has 0 amide bonds. The van der Waals surface area contributed by atoms with Gasteiger partial charge in [-0.2, -0.15) is 5.10 Å². The molecule has 1 aliphatic rings. The van der Waals surface area contributed by atoms with E-state index in [1.807, 2.05) is 40.2 Å². The zero-order chi connectivity index (χ0) is 17.2. The SMILES string of the molecule is CC(C)n1cc(-n2ccnc2-c2cnc(N3CCOCC3)nc2)cn1. The van der Waals surface area contributed by atoms with Gasteiger partial charge in [-0.05, 0) is 13.8 Å². The average molecular weight is 339 g/mol. The Hall–Kier alpha value is -2.74. The quantitative estimate of drug-likeness (QED) is 0.723. The highest BCUT2D eigenvalue weighted by Gasteiger charge is 2.15. The lowest BCUT2D eigenvalue weighted by Crippen LogP contribution is -2.37. The number of imidazole rings is 1. The third kappa shape index (κ3) is 3.12. The number of hydrogen-bond donors (Lipinski definition) is 0. The van der Waals surface area contributed by atoms with Crippen molar-refractivity contribution in [3.8, 4) is 17.1 Å². The maximum Gasteiger partial charge on any atom is 0.225 e. The Labute approximate surface area is 146 Å². The van der Waals surface area contributed by atoms with Gasteiger partial charge >= 0.3 is 0 Å². The minimum atomic E-state index is 0.317. The Kier molecular flexibility index (Phi) is 4.19. The van der Waals surface area contributed by atoms with Gasteiger partial charge in [0.1, 0.15) is 5.82 Å². The number of morpholine rings is 1. The molecule has 1 fully saturated rings. The fourth-order valence-electron chi connectivity index (χ4n) is 2.82. The van der Waals surface area contributed by atoms with E-state index in [-0.39, 0.29) is 0 Å². The van der Waals surface area contributed by atoms with Crippen LogP contribution in [0.3, 0.4) is 0 Å². The van der Waals surface area contributed by atoms with E-state index in [9.17, 15) is 0 Å². The molecule has 0 atom stereocenters. The molecular formula is C17H21N7O. The maximum absolute atomic E-state index is 5.37. The Morgan fingerprint density at radius 1 is 1.04 bits per heavy atom. The summed E-state index contributed by atoms with van der Waals surface area (Å²) in [5.74, 6) is 1.54. The Balaban J connectivity index is 1.61. The van der Waals surface area contributed by atoms with Crippen molar-refractivity contribution in [3.63, 3.8) is 0 Å². The fourth-order valence-corrected chi connectivity index (χ4v) is 2.82. The van der Waals surface area contributed by atoms with Gasteiger partial charge in [0.2, 0.25) is 5.95 Å². The number of nitrogens with zero attached hydrogens (tertiary/aromatic N) is 7. The van der Waals surface area contributed by atoms with Gasteiger partial charge in [-0.1, -0.05) is 0 Å². The molecule has 0 aromatic carbocycles. The number of hydrogen-bond acceptors (Lipinski definition) is 6. The minimum Gasteiger partial charge on any atom is -0.378 e. The lowest BCUT2D eigenvalue weighted by Gasteiger charge is -2.26. The predicted molar refractivity (Wildman–Crippen MR) is 93.8 cm³/mol. The van der Waals surface area contributed by atoms with Crippen LogP contribution in [0.4, 0.5) is 5.95 Å². The highest BCUT2D eigenvalue weighted by Crippen LogP contribution is 2.22. The molecule has 4 rings (SSSR count). The Bertz CT molecular complexity index is 831. The van der Waals surface area contributed by atoms with Crippen LogP contribution in [0.1, 0.15) is 19.9 Å². The minimum absolute atomic E-state index is 0.317. The molecule has 1 saturated heterocycles. The molecule has 0 spiro atoms. The zero-order valence-electron chi connectivity index (χ0n) is 14.4. The topological polar surface area (TPSA) is 73.9 Å². The second-order valence-electron chi connectivity index (χ2n) is 6.26. The van der Waals surface area contributed by atoms with Gasteiger partial charge < -0.3 is 9.64 Å². The smallest absolute Gasteiger partial charge is 0.225 e. The van der Waals surface area contributed by atoms with Crippen LogP contribution in [0.25, 0.3) is 17.1 Å². The van der Waals surface area contributed by atoms with Crippen molar-refractivity contribution < 1.29 is 4.74 Å². The van der Waals surface area contributed by atoms with E-state index in [1.54, 1.807) is 6.20 Å². The van der Waals surface area contributed by atoms with E-state index in [0.29, 0.717) is 6.04 Å². The summed E-state index contributed by atoms with van der Waals surface area (Å²) in [4.78, 5) is 15.6. The summed E-state index contributed by atoms with van der Waals surface area (Å²) in [5.41, 5.74) is 1.85. The first-order valence-corrected chi connectivity index (χ1v) is 8.45. The molecule has 0 radical (unpaired) electrons. The van der Waals surface area contributed by atoms with E-state index in [0.717, 1.165) is 49.3 Å². The summed E-state index contributed by atoms with van der Waals surface area (Å²) < 4.78 is 9.30. The zero-order valence-corrected chi connectivity index (χ0v) is 14.4. The molecule has 25 heavy (non-hydrogen) atoms. The van der Waals surface area contributed by atoms with Gasteiger partial charge in [-0.25, -0.2) is 15.0 Å².